The van der Waals surface area contributed by atoms with Gasteiger partial charge in [-0.1, -0.05) is 49.4 Å². The molecule has 2 aromatic heterocycles. The van der Waals surface area contributed by atoms with E-state index in [0.717, 1.165) is 70.0 Å². The summed E-state index contributed by atoms with van der Waals surface area (Å²) in [7, 11) is 0. The van der Waals surface area contributed by atoms with Gasteiger partial charge in [0.05, 0.1) is 23.3 Å². The number of nitrogens with one attached hydrogen (secondary N) is 1. The number of carbonyl (C=O) groups is 1. The number of aromatic nitrogens is 2. The molecule has 1 aliphatic heterocycles. The number of carbonyl (C=O) groups excluding carboxylic acids is 1. The average molecular weight is 443 g/mol. The Hall–Kier alpha value is -3.09. The van der Waals surface area contributed by atoms with Crippen LogP contribution >= 0.6 is 11.3 Å². The van der Waals surface area contributed by atoms with Crippen molar-refractivity contribution < 1.29 is 4.79 Å². The number of nitrogens with zero attached hydrogens (tertiary/aromatic N) is 3. The minimum absolute atomic E-state index is 0.0526. The molecule has 3 heterocycles. The van der Waals surface area contributed by atoms with Crippen molar-refractivity contribution in [1.82, 2.24) is 20.2 Å². The topological polar surface area (TPSA) is 58.1 Å². The Bertz CT molecular complexity index is 1300. The highest BCUT2D eigenvalue weighted by atomic mass is 32.1. The van der Waals surface area contributed by atoms with Gasteiger partial charge in [0.15, 0.2) is 0 Å². The van der Waals surface area contributed by atoms with Crippen LogP contribution in [0, 0.1) is 6.92 Å². The van der Waals surface area contributed by atoms with E-state index in [9.17, 15) is 4.79 Å². The lowest BCUT2D eigenvalue weighted by Gasteiger charge is -2.29. The van der Waals surface area contributed by atoms with Crippen molar-refractivity contribution in [1.29, 1.82) is 0 Å². The van der Waals surface area contributed by atoms with Crippen molar-refractivity contribution in [3.63, 3.8) is 0 Å². The fourth-order valence-electron chi connectivity index (χ4n) is 4.36. The highest BCUT2D eigenvalue weighted by Gasteiger charge is 2.25. The maximum absolute atomic E-state index is 13.4. The Morgan fingerprint density at radius 1 is 1.12 bits per heavy atom. The van der Waals surface area contributed by atoms with Crippen LogP contribution in [0.25, 0.3) is 21.5 Å². The summed E-state index contributed by atoms with van der Waals surface area (Å²) in [4.78, 5) is 25.5. The van der Waals surface area contributed by atoms with Crippen LogP contribution in [0.5, 0.6) is 0 Å². The van der Waals surface area contributed by atoms with Crippen molar-refractivity contribution in [2.24, 2.45) is 0 Å². The van der Waals surface area contributed by atoms with Gasteiger partial charge in [-0.3, -0.25) is 14.7 Å². The maximum atomic E-state index is 13.4. The third kappa shape index (κ3) is 3.92. The maximum Gasteiger partial charge on any atom is 0.252 e. The van der Waals surface area contributed by atoms with Gasteiger partial charge in [0.25, 0.3) is 5.91 Å². The highest BCUT2D eigenvalue weighted by Crippen LogP contribution is 2.29. The Kier molecular flexibility index (Phi) is 5.72. The van der Waals surface area contributed by atoms with Crippen LogP contribution in [-0.4, -0.2) is 33.9 Å². The zero-order chi connectivity index (χ0) is 22.1. The number of fused-ring (bicyclic) bond motifs is 2. The molecule has 0 radical (unpaired) electrons. The molecule has 5 rings (SSSR count). The summed E-state index contributed by atoms with van der Waals surface area (Å²) in [5.74, 6) is -0.0526. The summed E-state index contributed by atoms with van der Waals surface area (Å²) in [6.45, 7) is 7.37. The molecule has 6 heteroatoms. The van der Waals surface area contributed by atoms with Crippen LogP contribution in [0.2, 0.25) is 0 Å². The van der Waals surface area contributed by atoms with E-state index in [1.54, 1.807) is 11.3 Å². The normalized spacial score (nSPS) is 13.8. The smallest absolute Gasteiger partial charge is 0.252 e. The molecular formula is C26H26N4OS. The third-order valence-corrected chi connectivity index (χ3v) is 7.08. The van der Waals surface area contributed by atoms with Gasteiger partial charge in [-0.2, -0.15) is 0 Å². The first-order valence-corrected chi connectivity index (χ1v) is 11.9. The molecule has 4 aromatic rings. The van der Waals surface area contributed by atoms with Crippen LogP contribution in [-0.2, 0) is 19.5 Å². The average Bonchev–Trinajstić information content (AvgIpc) is 3.29. The Balaban J connectivity index is 1.43. The van der Waals surface area contributed by atoms with Crippen LogP contribution in [0.4, 0.5) is 0 Å². The van der Waals surface area contributed by atoms with Gasteiger partial charge in [-0.15, -0.1) is 11.3 Å². The largest absolute Gasteiger partial charge is 0.346 e. The molecule has 162 valence electrons. The standard InChI is InChI=1S/C26H26N4OS/c1-3-30-13-12-23-21(15-30)24(20-10-6-7-11-22(20)29-23)25(31)27-14-18-16-32-26(28-18)19-9-5-4-8-17(19)2/h4-11,16H,3,12-15H2,1-2H3,(H,27,31). The van der Waals surface area contributed by atoms with E-state index < -0.39 is 0 Å². The summed E-state index contributed by atoms with van der Waals surface area (Å²) in [6, 6.07) is 16.2. The lowest BCUT2D eigenvalue weighted by molar-refractivity contribution is 0.0949. The van der Waals surface area contributed by atoms with E-state index in [-0.39, 0.29) is 5.91 Å². The van der Waals surface area contributed by atoms with Crippen LogP contribution in [0.15, 0.2) is 53.9 Å². The van der Waals surface area contributed by atoms with E-state index in [4.69, 9.17) is 9.97 Å². The Morgan fingerprint density at radius 2 is 1.94 bits per heavy atom. The monoisotopic (exact) mass is 442 g/mol. The van der Waals surface area contributed by atoms with E-state index in [1.807, 2.05) is 41.8 Å². The number of benzene rings is 2. The summed E-state index contributed by atoms with van der Waals surface area (Å²) < 4.78 is 0. The van der Waals surface area contributed by atoms with Crippen LogP contribution < -0.4 is 5.32 Å². The Labute approximate surface area is 192 Å². The molecule has 5 nitrogen and oxygen atoms in total. The molecule has 0 fully saturated rings. The second-order valence-electron chi connectivity index (χ2n) is 8.19. The quantitative estimate of drug-likeness (QED) is 0.474. The van der Waals surface area contributed by atoms with Crippen molar-refractivity contribution in [2.45, 2.75) is 33.4 Å². The van der Waals surface area contributed by atoms with Crippen molar-refractivity contribution in [3.05, 3.63) is 82.0 Å². The number of rotatable bonds is 5. The highest BCUT2D eigenvalue weighted by molar-refractivity contribution is 7.13. The van der Waals surface area contributed by atoms with Gasteiger partial charge < -0.3 is 5.32 Å². The van der Waals surface area contributed by atoms with Gasteiger partial charge >= 0.3 is 0 Å². The number of likely N-dealkylation sites (N-methyl/N-ethyl adjacent to an activating group) is 1. The van der Waals surface area contributed by atoms with Gasteiger partial charge in [-0.25, -0.2) is 4.98 Å². The minimum Gasteiger partial charge on any atom is -0.346 e. The molecule has 0 aliphatic carbocycles. The van der Waals surface area contributed by atoms with E-state index in [0.29, 0.717) is 6.54 Å². The summed E-state index contributed by atoms with van der Waals surface area (Å²) in [5, 5.41) is 7.06. The number of hydrogen-bond donors (Lipinski definition) is 1. The predicted octanol–water partition coefficient (Wildman–Crippen LogP) is 4.97. The van der Waals surface area contributed by atoms with E-state index in [1.165, 1.54) is 5.56 Å². The van der Waals surface area contributed by atoms with Gasteiger partial charge in [0.2, 0.25) is 0 Å². The first-order valence-electron chi connectivity index (χ1n) is 11.1. The van der Waals surface area contributed by atoms with Crippen molar-refractivity contribution in [3.8, 4) is 10.6 Å². The summed E-state index contributed by atoms with van der Waals surface area (Å²) in [6.07, 6.45) is 0.875. The molecule has 1 aliphatic rings. The number of amides is 1. The molecule has 0 spiro atoms. The number of thiazole rings is 1. The van der Waals surface area contributed by atoms with Gasteiger partial charge in [-0.05, 0) is 25.1 Å². The lowest BCUT2D eigenvalue weighted by Crippen LogP contribution is -2.34. The van der Waals surface area contributed by atoms with Crippen LogP contribution in [0.1, 0.15) is 39.8 Å². The van der Waals surface area contributed by atoms with E-state index in [2.05, 4.69) is 36.2 Å². The number of hydrogen-bond acceptors (Lipinski definition) is 5. The minimum atomic E-state index is -0.0526. The third-order valence-electron chi connectivity index (χ3n) is 6.16. The number of pyridine rings is 1. The molecule has 32 heavy (non-hydrogen) atoms. The molecule has 0 bridgehead atoms. The SMILES string of the molecule is CCN1CCc2nc3ccccc3c(C(=O)NCc3csc(-c4ccccc4C)n3)c2C1. The fraction of sp³-hybridized carbons (Fsp3) is 0.269. The number of aryl methyl sites for hydroxylation is 1. The zero-order valence-corrected chi connectivity index (χ0v) is 19.2. The summed E-state index contributed by atoms with van der Waals surface area (Å²) in [5.41, 5.74) is 6.98. The predicted molar refractivity (Wildman–Crippen MR) is 130 cm³/mol. The summed E-state index contributed by atoms with van der Waals surface area (Å²) >= 11 is 1.61. The zero-order valence-electron chi connectivity index (χ0n) is 18.4. The first-order chi connectivity index (χ1) is 15.6. The molecular weight excluding hydrogens is 416 g/mol. The van der Waals surface area contributed by atoms with Gasteiger partial charge in [0.1, 0.15) is 5.01 Å². The molecule has 0 atom stereocenters. The van der Waals surface area contributed by atoms with Crippen molar-refractivity contribution in [2.75, 3.05) is 13.1 Å². The molecule has 0 saturated carbocycles. The first kappa shape index (κ1) is 20.8. The second kappa shape index (κ2) is 8.81. The van der Waals surface area contributed by atoms with Crippen LogP contribution in [0.3, 0.4) is 0 Å². The van der Waals surface area contributed by atoms with Crippen molar-refractivity contribution >= 4 is 28.1 Å². The molecule has 2 aromatic carbocycles. The number of para-hydroxylation sites is 1. The molecule has 0 saturated heterocycles. The van der Waals surface area contributed by atoms with Gasteiger partial charge in [0, 0.05) is 47.1 Å². The lowest BCUT2D eigenvalue weighted by atomic mass is 9.95. The fourth-order valence-corrected chi connectivity index (χ4v) is 5.27. The Morgan fingerprint density at radius 3 is 2.78 bits per heavy atom. The van der Waals surface area contributed by atoms with E-state index >= 15 is 0 Å². The molecule has 0 unspecified atom stereocenters. The second-order valence-corrected chi connectivity index (χ2v) is 9.05. The molecule has 1 N–H and O–H groups in total. The molecule has 1 amide bonds.